The van der Waals surface area contributed by atoms with Gasteiger partial charge in [-0.05, 0) is 19.1 Å². The van der Waals surface area contributed by atoms with E-state index in [1.165, 1.54) is 6.92 Å². The van der Waals surface area contributed by atoms with Crippen LogP contribution in [0.2, 0.25) is 0 Å². The normalized spacial score (nSPS) is 11.4. The van der Waals surface area contributed by atoms with E-state index in [1.54, 1.807) is 24.3 Å². The van der Waals surface area contributed by atoms with Crippen molar-refractivity contribution in [1.29, 1.82) is 0 Å². The molecule has 0 radical (unpaired) electrons. The van der Waals surface area contributed by atoms with Gasteiger partial charge in [0.1, 0.15) is 23.7 Å². The molecule has 0 saturated heterocycles. The Morgan fingerprint density at radius 1 is 1.22 bits per heavy atom. The summed E-state index contributed by atoms with van der Waals surface area (Å²) in [5.41, 5.74) is -0.395. The standard InChI is InChI=1S/C13H14O5/c1-9(14)12(13(16)17-2)11(15)8-18-10-6-4-3-5-7-10/h3-7,15H,8H2,1-2H3/b12-11+. The Balaban J connectivity index is 2.80. The van der Waals surface area contributed by atoms with Crippen molar-refractivity contribution in [3.8, 4) is 5.75 Å². The third-order valence-corrected chi connectivity index (χ3v) is 2.15. The number of para-hydroxylation sites is 1. The fourth-order valence-corrected chi connectivity index (χ4v) is 1.31. The highest BCUT2D eigenvalue weighted by atomic mass is 16.5. The van der Waals surface area contributed by atoms with Gasteiger partial charge in [0, 0.05) is 0 Å². The van der Waals surface area contributed by atoms with E-state index in [-0.39, 0.29) is 6.61 Å². The second-order valence-corrected chi connectivity index (χ2v) is 3.47. The van der Waals surface area contributed by atoms with E-state index in [9.17, 15) is 14.7 Å². The minimum absolute atomic E-state index is 0.270. The lowest BCUT2D eigenvalue weighted by Crippen LogP contribution is -2.17. The van der Waals surface area contributed by atoms with Crippen molar-refractivity contribution in [2.45, 2.75) is 6.92 Å². The number of carbonyl (C=O) groups excluding carboxylic acids is 2. The van der Waals surface area contributed by atoms with Crippen molar-refractivity contribution in [2.24, 2.45) is 0 Å². The summed E-state index contributed by atoms with van der Waals surface area (Å²) in [6, 6.07) is 8.74. The molecule has 0 atom stereocenters. The number of esters is 1. The maximum absolute atomic E-state index is 11.3. The summed E-state index contributed by atoms with van der Waals surface area (Å²) in [6.45, 7) is 0.902. The predicted molar refractivity (Wildman–Crippen MR) is 64.3 cm³/mol. The Bertz CT molecular complexity index is 462. The van der Waals surface area contributed by atoms with Gasteiger partial charge in [0.2, 0.25) is 0 Å². The summed E-state index contributed by atoms with van der Waals surface area (Å²) in [5.74, 6) is -1.37. The SMILES string of the molecule is COC(=O)/C(C(C)=O)=C(/O)COc1ccccc1. The van der Waals surface area contributed by atoms with Gasteiger partial charge in [0.15, 0.2) is 5.78 Å². The highest BCUT2D eigenvalue weighted by molar-refractivity contribution is 6.16. The fraction of sp³-hybridized carbons (Fsp3) is 0.231. The number of carbonyl (C=O) groups is 2. The minimum Gasteiger partial charge on any atom is -0.508 e. The lowest BCUT2D eigenvalue weighted by atomic mass is 10.1. The van der Waals surface area contributed by atoms with Gasteiger partial charge < -0.3 is 14.6 Å². The second-order valence-electron chi connectivity index (χ2n) is 3.47. The molecule has 0 aliphatic rings. The molecule has 18 heavy (non-hydrogen) atoms. The predicted octanol–water partition coefficient (Wildman–Crippen LogP) is 1.64. The molecule has 1 aromatic rings. The largest absolute Gasteiger partial charge is 0.508 e. The van der Waals surface area contributed by atoms with Gasteiger partial charge in [-0.25, -0.2) is 4.79 Å². The average molecular weight is 250 g/mol. The molecule has 1 rings (SSSR count). The van der Waals surface area contributed by atoms with Crippen LogP contribution in [0, 0.1) is 0 Å². The molecule has 0 amide bonds. The molecular formula is C13H14O5. The first-order valence-corrected chi connectivity index (χ1v) is 5.25. The van der Waals surface area contributed by atoms with E-state index in [4.69, 9.17) is 4.74 Å². The third-order valence-electron chi connectivity index (χ3n) is 2.15. The van der Waals surface area contributed by atoms with Crippen molar-refractivity contribution in [2.75, 3.05) is 13.7 Å². The van der Waals surface area contributed by atoms with E-state index < -0.39 is 23.1 Å². The summed E-state index contributed by atoms with van der Waals surface area (Å²) in [6.07, 6.45) is 0. The van der Waals surface area contributed by atoms with Gasteiger partial charge in [-0.1, -0.05) is 18.2 Å². The molecule has 1 N–H and O–H groups in total. The quantitative estimate of drug-likeness (QED) is 0.283. The van der Waals surface area contributed by atoms with Crippen LogP contribution in [-0.4, -0.2) is 30.6 Å². The maximum atomic E-state index is 11.3. The molecule has 0 unspecified atom stereocenters. The van der Waals surface area contributed by atoms with Crippen molar-refractivity contribution < 1.29 is 24.2 Å². The first kappa shape index (κ1) is 13.8. The van der Waals surface area contributed by atoms with E-state index in [0.29, 0.717) is 5.75 Å². The number of Topliss-reactive ketones (excluding diaryl/α,β-unsaturated/α-hetero) is 1. The van der Waals surface area contributed by atoms with Gasteiger partial charge in [-0.15, -0.1) is 0 Å². The van der Waals surface area contributed by atoms with E-state index in [0.717, 1.165) is 7.11 Å². The van der Waals surface area contributed by atoms with E-state index in [2.05, 4.69) is 4.74 Å². The van der Waals surface area contributed by atoms with Gasteiger partial charge in [-0.3, -0.25) is 4.79 Å². The third kappa shape index (κ3) is 3.62. The number of ketones is 1. The summed E-state index contributed by atoms with van der Waals surface area (Å²) < 4.78 is 9.64. The monoisotopic (exact) mass is 250 g/mol. The van der Waals surface area contributed by atoms with Crippen LogP contribution >= 0.6 is 0 Å². The molecule has 0 heterocycles. The molecule has 0 aliphatic heterocycles. The number of hydrogen-bond donors (Lipinski definition) is 1. The van der Waals surface area contributed by atoms with Crippen LogP contribution in [-0.2, 0) is 14.3 Å². The Morgan fingerprint density at radius 3 is 2.33 bits per heavy atom. The lowest BCUT2D eigenvalue weighted by Gasteiger charge is -2.08. The second kappa shape index (κ2) is 6.44. The minimum atomic E-state index is -0.878. The van der Waals surface area contributed by atoms with Gasteiger partial charge in [0.25, 0.3) is 0 Å². The maximum Gasteiger partial charge on any atom is 0.345 e. The number of rotatable bonds is 5. The molecule has 0 aliphatic carbocycles. The summed E-state index contributed by atoms with van der Waals surface area (Å²) >= 11 is 0. The van der Waals surface area contributed by atoms with E-state index in [1.807, 2.05) is 6.07 Å². The van der Waals surface area contributed by atoms with Gasteiger partial charge in [-0.2, -0.15) is 0 Å². The zero-order chi connectivity index (χ0) is 13.5. The topological polar surface area (TPSA) is 72.8 Å². The van der Waals surface area contributed by atoms with Crippen LogP contribution in [0.15, 0.2) is 41.7 Å². The number of aliphatic hydroxyl groups excluding tert-OH is 1. The zero-order valence-electron chi connectivity index (χ0n) is 10.2. The first-order chi connectivity index (χ1) is 8.56. The smallest absolute Gasteiger partial charge is 0.345 e. The van der Waals surface area contributed by atoms with Crippen LogP contribution in [0.5, 0.6) is 5.75 Å². The number of methoxy groups -OCH3 is 1. The number of aliphatic hydroxyl groups is 1. The van der Waals surface area contributed by atoms with E-state index >= 15 is 0 Å². The Morgan fingerprint density at radius 2 is 1.83 bits per heavy atom. The average Bonchev–Trinajstić information content (AvgIpc) is 2.37. The number of benzene rings is 1. The van der Waals surface area contributed by atoms with Gasteiger partial charge in [0.05, 0.1) is 7.11 Å². The molecular weight excluding hydrogens is 236 g/mol. The van der Waals surface area contributed by atoms with Gasteiger partial charge >= 0.3 is 5.97 Å². The highest BCUT2D eigenvalue weighted by Crippen LogP contribution is 2.11. The van der Waals surface area contributed by atoms with Crippen LogP contribution < -0.4 is 4.74 Å². The molecule has 0 fully saturated rings. The number of ether oxygens (including phenoxy) is 2. The fourth-order valence-electron chi connectivity index (χ4n) is 1.31. The zero-order valence-corrected chi connectivity index (χ0v) is 10.2. The van der Waals surface area contributed by atoms with Crippen molar-refractivity contribution in [1.82, 2.24) is 0 Å². The molecule has 5 heteroatoms. The van der Waals surface area contributed by atoms with Crippen LogP contribution in [0.25, 0.3) is 0 Å². The summed E-state index contributed by atoms with van der Waals surface area (Å²) in [4.78, 5) is 22.5. The number of hydrogen-bond acceptors (Lipinski definition) is 5. The molecule has 0 saturated carbocycles. The highest BCUT2D eigenvalue weighted by Gasteiger charge is 2.20. The Labute approximate surface area is 105 Å². The van der Waals surface area contributed by atoms with Crippen LogP contribution in [0.3, 0.4) is 0 Å². The van der Waals surface area contributed by atoms with Crippen LogP contribution in [0.1, 0.15) is 6.92 Å². The molecule has 0 aromatic heterocycles. The first-order valence-electron chi connectivity index (χ1n) is 5.25. The van der Waals surface area contributed by atoms with Crippen molar-refractivity contribution in [3.63, 3.8) is 0 Å². The van der Waals surface area contributed by atoms with Crippen molar-refractivity contribution >= 4 is 11.8 Å². The molecule has 96 valence electrons. The molecule has 0 bridgehead atoms. The summed E-state index contributed by atoms with van der Waals surface area (Å²) in [7, 11) is 1.14. The Kier molecular flexibility index (Phi) is 4.92. The molecule has 0 spiro atoms. The molecule has 1 aromatic carbocycles. The van der Waals surface area contributed by atoms with Crippen molar-refractivity contribution in [3.05, 3.63) is 41.7 Å². The summed E-state index contributed by atoms with van der Waals surface area (Å²) in [5, 5.41) is 9.68. The lowest BCUT2D eigenvalue weighted by molar-refractivity contribution is -0.137. The molecule has 5 nitrogen and oxygen atoms in total. The van der Waals surface area contributed by atoms with Crippen LogP contribution in [0.4, 0.5) is 0 Å². The Hall–Kier alpha value is -2.30.